The van der Waals surface area contributed by atoms with Crippen LogP contribution in [0.15, 0.2) is 0 Å². The molecule has 2 atom stereocenters. The Hall–Kier alpha value is -2.20. The zero-order chi connectivity index (χ0) is 45.0. The van der Waals surface area contributed by atoms with E-state index in [-0.39, 0.29) is 50.8 Å². The lowest BCUT2D eigenvalue weighted by atomic mass is 10.1. The van der Waals surface area contributed by atoms with E-state index in [1.165, 1.54) is 77.0 Å². The number of unbranched alkanes of at least 4 members (excludes halogenated alkanes) is 25. The molecule has 0 aliphatic rings. The predicted molar refractivity (Wildman–Crippen MR) is 250 cm³/mol. The van der Waals surface area contributed by atoms with E-state index in [9.17, 15) is 19.2 Å². The van der Waals surface area contributed by atoms with E-state index < -0.39 is 30.3 Å². The lowest BCUT2D eigenvalue weighted by Crippen LogP contribution is -2.49. The van der Waals surface area contributed by atoms with Crippen LogP contribution in [0.3, 0.4) is 0 Å². The number of hydrogen-bond acceptors (Lipinski definition) is 10. The van der Waals surface area contributed by atoms with Crippen LogP contribution in [0.4, 0.5) is 0 Å². The Morgan fingerprint density at radius 1 is 0.377 bits per heavy atom. The maximum absolute atomic E-state index is 13.5. The predicted octanol–water partition coefficient (Wildman–Crippen LogP) is 13.2. The van der Waals surface area contributed by atoms with Crippen LogP contribution in [0.1, 0.15) is 246 Å². The van der Waals surface area contributed by atoms with Gasteiger partial charge in [0.2, 0.25) is 0 Å². The number of carbonyl (C=O) groups excluding carboxylic acids is 4. The van der Waals surface area contributed by atoms with Crippen LogP contribution in [-0.4, -0.2) is 87.5 Å². The Bertz CT molecular complexity index is 952. The molecule has 0 fully saturated rings. The zero-order valence-electron chi connectivity index (χ0n) is 40.7. The number of hydrogen-bond donors (Lipinski definition) is 0. The summed E-state index contributed by atoms with van der Waals surface area (Å²) >= 11 is 0. The first-order chi connectivity index (χ1) is 29.7. The second-order valence-corrected chi connectivity index (χ2v) is 17.8. The van der Waals surface area contributed by atoms with E-state index in [4.69, 9.17) is 23.7 Å². The van der Waals surface area contributed by atoms with Crippen molar-refractivity contribution >= 4 is 23.9 Å². The van der Waals surface area contributed by atoms with Gasteiger partial charge in [-0.3, -0.25) is 19.2 Å². The minimum Gasteiger partial charge on any atom is -0.462 e. The van der Waals surface area contributed by atoms with Crippen LogP contribution in [0.25, 0.3) is 0 Å². The van der Waals surface area contributed by atoms with Crippen molar-refractivity contribution in [2.45, 2.75) is 264 Å². The van der Waals surface area contributed by atoms with Gasteiger partial charge in [0, 0.05) is 32.3 Å². The highest BCUT2D eigenvalue weighted by Crippen LogP contribution is 2.20. The van der Waals surface area contributed by atoms with E-state index in [0.717, 1.165) is 103 Å². The molecule has 0 heterocycles. The maximum atomic E-state index is 13.5. The van der Waals surface area contributed by atoms with E-state index in [1.807, 2.05) is 14.1 Å². The Morgan fingerprint density at radius 2 is 0.672 bits per heavy atom. The minimum absolute atomic E-state index is 0.224. The Morgan fingerprint density at radius 3 is 0.984 bits per heavy atom. The number of rotatable bonds is 46. The molecule has 360 valence electrons. The van der Waals surface area contributed by atoms with Gasteiger partial charge in [-0.1, -0.05) is 182 Å². The summed E-state index contributed by atoms with van der Waals surface area (Å²) in [5.41, 5.74) is 0. The molecule has 0 saturated carbocycles. The smallest absolute Gasteiger partial charge is 0.306 e. The topological polar surface area (TPSA) is 118 Å². The molecule has 0 aliphatic carbocycles. The molecule has 61 heavy (non-hydrogen) atoms. The number of ether oxygens (including phenoxy) is 5. The summed E-state index contributed by atoms with van der Waals surface area (Å²) in [5.74, 6) is -1.54. The van der Waals surface area contributed by atoms with Gasteiger partial charge in [0.15, 0.2) is 12.2 Å². The first-order valence-corrected chi connectivity index (χ1v) is 25.6. The van der Waals surface area contributed by atoms with Crippen LogP contribution in [0.2, 0.25) is 0 Å². The van der Waals surface area contributed by atoms with Gasteiger partial charge in [0.1, 0.15) is 19.3 Å². The number of nitrogens with zero attached hydrogens (tertiary/aromatic N) is 1. The Balaban J connectivity index is 6.18. The molecular formula is C51H97NO9. The van der Waals surface area contributed by atoms with Crippen LogP contribution in [0.5, 0.6) is 0 Å². The molecule has 10 nitrogen and oxygen atoms in total. The second-order valence-electron chi connectivity index (χ2n) is 17.8. The average Bonchev–Trinajstić information content (AvgIpc) is 3.24. The first-order valence-electron chi connectivity index (χ1n) is 25.6. The second kappa shape index (κ2) is 44.4. The van der Waals surface area contributed by atoms with E-state index in [2.05, 4.69) is 32.6 Å². The van der Waals surface area contributed by atoms with E-state index >= 15 is 0 Å². The molecule has 0 rings (SSSR count). The van der Waals surface area contributed by atoms with Gasteiger partial charge in [0.05, 0.1) is 0 Å². The van der Waals surface area contributed by atoms with Gasteiger partial charge in [0.25, 0.3) is 0 Å². The van der Waals surface area contributed by atoms with Crippen LogP contribution < -0.4 is 0 Å². The van der Waals surface area contributed by atoms with Gasteiger partial charge >= 0.3 is 23.9 Å². The molecule has 0 aromatic rings. The average molecular weight is 868 g/mol. The summed E-state index contributed by atoms with van der Waals surface area (Å²) in [6.45, 7) is 9.49. The summed E-state index contributed by atoms with van der Waals surface area (Å²) in [6.07, 6.45) is 29.4. The van der Waals surface area contributed by atoms with Gasteiger partial charge in [-0.25, -0.2) is 0 Å². The highest BCUT2D eigenvalue weighted by molar-refractivity contribution is 5.71. The highest BCUT2D eigenvalue weighted by Gasteiger charge is 2.38. The molecule has 0 aromatic heterocycles. The van der Waals surface area contributed by atoms with Crippen molar-refractivity contribution < 1.29 is 42.9 Å². The highest BCUT2D eigenvalue weighted by atomic mass is 16.6. The monoisotopic (exact) mass is 868 g/mol. The fourth-order valence-electron chi connectivity index (χ4n) is 7.45. The van der Waals surface area contributed by atoms with Crippen molar-refractivity contribution in [3.05, 3.63) is 0 Å². The standard InChI is InChI=1S/C51H97NO9/c1-7-11-15-19-23-27-31-37-47(53)58-43-45(60-49(55)39-33-29-25-21-17-13-9-3)51(57-42-36-35-41-52(5)6)46(61-50(56)40-34-30-26-22-18-14-10-4)44-59-48(54)38-32-28-24-20-16-12-8-2/h45-46,51H,7-44H2,1-6H3. The van der Waals surface area contributed by atoms with Crippen molar-refractivity contribution in [1.29, 1.82) is 0 Å². The summed E-state index contributed by atoms with van der Waals surface area (Å²) in [6, 6.07) is 0. The maximum Gasteiger partial charge on any atom is 0.306 e. The molecule has 0 spiro atoms. The lowest BCUT2D eigenvalue weighted by molar-refractivity contribution is -0.193. The third-order valence-corrected chi connectivity index (χ3v) is 11.4. The van der Waals surface area contributed by atoms with Gasteiger partial charge in [-0.15, -0.1) is 0 Å². The van der Waals surface area contributed by atoms with Crippen LogP contribution in [-0.2, 0) is 42.9 Å². The molecule has 2 unspecified atom stereocenters. The van der Waals surface area contributed by atoms with E-state index in [0.29, 0.717) is 25.9 Å². The SMILES string of the molecule is CCCCCCCCCC(=O)OCC(OC(=O)CCCCCCCCC)C(OCCCCN(C)C)C(COC(=O)CCCCCCCCC)OC(=O)CCCCCCCCC. The largest absolute Gasteiger partial charge is 0.462 e. The Kier molecular flexibility index (Phi) is 42.8. The summed E-state index contributed by atoms with van der Waals surface area (Å²) in [5, 5.41) is 0. The number of carbonyl (C=O) groups is 4. The first kappa shape index (κ1) is 58.8. The van der Waals surface area contributed by atoms with Gasteiger partial charge in [-0.05, 0) is 59.2 Å². The van der Waals surface area contributed by atoms with E-state index in [1.54, 1.807) is 0 Å². The van der Waals surface area contributed by atoms with Crippen molar-refractivity contribution in [3.63, 3.8) is 0 Å². The fourth-order valence-corrected chi connectivity index (χ4v) is 7.45. The van der Waals surface area contributed by atoms with Crippen molar-refractivity contribution in [2.75, 3.05) is 40.5 Å². The molecule has 0 N–H and O–H groups in total. The molecule has 10 heteroatoms. The molecule has 0 aliphatic heterocycles. The normalized spacial score (nSPS) is 12.9. The quantitative estimate of drug-likeness (QED) is 0.0332. The summed E-state index contributed by atoms with van der Waals surface area (Å²) in [4.78, 5) is 55.3. The molecule has 0 bridgehead atoms. The third kappa shape index (κ3) is 39.2. The molecule has 0 aromatic carbocycles. The van der Waals surface area contributed by atoms with Crippen molar-refractivity contribution in [2.24, 2.45) is 0 Å². The summed E-state index contributed by atoms with van der Waals surface area (Å²) < 4.78 is 30.4. The Labute approximate surface area is 375 Å². The van der Waals surface area contributed by atoms with Gasteiger partial charge < -0.3 is 28.6 Å². The molecule has 0 saturated heterocycles. The van der Waals surface area contributed by atoms with Gasteiger partial charge in [-0.2, -0.15) is 0 Å². The molecular weight excluding hydrogens is 771 g/mol. The summed E-state index contributed by atoms with van der Waals surface area (Å²) in [7, 11) is 4.04. The lowest BCUT2D eigenvalue weighted by Gasteiger charge is -2.32. The molecule has 0 amide bonds. The number of esters is 4. The van der Waals surface area contributed by atoms with Crippen LogP contribution >= 0.6 is 0 Å². The third-order valence-electron chi connectivity index (χ3n) is 11.4. The minimum atomic E-state index is -1.05. The zero-order valence-corrected chi connectivity index (χ0v) is 40.7. The van der Waals surface area contributed by atoms with Crippen molar-refractivity contribution in [3.8, 4) is 0 Å². The van der Waals surface area contributed by atoms with Crippen molar-refractivity contribution in [1.82, 2.24) is 4.90 Å². The van der Waals surface area contributed by atoms with Crippen LogP contribution in [0, 0.1) is 0 Å². The molecule has 0 radical (unpaired) electrons. The fraction of sp³-hybridized carbons (Fsp3) is 0.922.